The van der Waals surface area contributed by atoms with Crippen LogP contribution in [0.4, 0.5) is 10.1 Å². The topological polar surface area (TPSA) is 63.2 Å². The van der Waals surface area contributed by atoms with Crippen LogP contribution >= 0.6 is 0 Å². The van der Waals surface area contributed by atoms with Gasteiger partial charge in [0.1, 0.15) is 17.3 Å². The van der Waals surface area contributed by atoms with Crippen molar-refractivity contribution in [3.8, 4) is 5.75 Å². The quantitative estimate of drug-likeness (QED) is 0.580. The zero-order chi connectivity index (χ0) is 20.5. The standard InChI is InChI=1S/C23H24FN3O2/c1-29-22-9-5-3-7-18(22)13-14-25-19-10-11-21(27-16-19)23(28)26-15-12-17-6-2-4-8-20(17)24/h2-11,16,25H,12-15H2,1H3,(H,26,28). The fourth-order valence-corrected chi connectivity index (χ4v) is 2.99. The van der Waals surface area contributed by atoms with E-state index >= 15 is 0 Å². The number of ether oxygens (including phenoxy) is 1. The van der Waals surface area contributed by atoms with Crippen molar-refractivity contribution < 1.29 is 13.9 Å². The summed E-state index contributed by atoms with van der Waals surface area (Å²) in [6.07, 6.45) is 2.87. The maximum atomic E-state index is 13.6. The number of carbonyl (C=O) groups excluding carboxylic acids is 1. The molecule has 2 aromatic carbocycles. The normalized spacial score (nSPS) is 10.4. The lowest BCUT2D eigenvalue weighted by molar-refractivity contribution is 0.0949. The molecule has 3 aromatic rings. The number of carbonyl (C=O) groups is 1. The Bertz CT molecular complexity index is 945. The summed E-state index contributed by atoms with van der Waals surface area (Å²) in [4.78, 5) is 16.4. The van der Waals surface area contributed by atoms with Crippen LogP contribution in [0.5, 0.6) is 5.75 Å². The summed E-state index contributed by atoms with van der Waals surface area (Å²) < 4.78 is 18.9. The first-order chi connectivity index (χ1) is 14.2. The Morgan fingerprint density at radius 1 is 0.966 bits per heavy atom. The molecule has 150 valence electrons. The Morgan fingerprint density at radius 3 is 2.41 bits per heavy atom. The number of halogens is 1. The molecule has 0 aliphatic carbocycles. The largest absolute Gasteiger partial charge is 0.496 e. The van der Waals surface area contributed by atoms with Crippen molar-refractivity contribution in [1.82, 2.24) is 10.3 Å². The maximum Gasteiger partial charge on any atom is 0.269 e. The van der Waals surface area contributed by atoms with Gasteiger partial charge in [-0.15, -0.1) is 0 Å². The van der Waals surface area contributed by atoms with Gasteiger partial charge in [-0.05, 0) is 48.2 Å². The Labute approximate surface area is 169 Å². The summed E-state index contributed by atoms with van der Waals surface area (Å²) in [5.74, 6) is 0.333. The molecule has 5 nitrogen and oxygen atoms in total. The van der Waals surface area contributed by atoms with Crippen LogP contribution in [0, 0.1) is 5.82 Å². The van der Waals surface area contributed by atoms with E-state index in [1.807, 2.05) is 30.3 Å². The molecule has 29 heavy (non-hydrogen) atoms. The third-order valence-corrected chi connectivity index (χ3v) is 4.55. The first-order valence-electron chi connectivity index (χ1n) is 9.51. The van der Waals surface area contributed by atoms with Gasteiger partial charge in [-0.2, -0.15) is 0 Å². The number of hydrogen-bond donors (Lipinski definition) is 2. The molecule has 3 rings (SSSR count). The van der Waals surface area contributed by atoms with E-state index in [1.54, 1.807) is 37.6 Å². The Balaban J connectivity index is 1.45. The fraction of sp³-hybridized carbons (Fsp3) is 0.217. The SMILES string of the molecule is COc1ccccc1CCNc1ccc(C(=O)NCCc2ccccc2F)nc1. The zero-order valence-corrected chi connectivity index (χ0v) is 16.3. The lowest BCUT2D eigenvalue weighted by atomic mass is 10.1. The molecule has 0 aliphatic heterocycles. The van der Waals surface area contributed by atoms with Crippen molar-refractivity contribution in [3.63, 3.8) is 0 Å². The first kappa shape index (κ1) is 20.3. The van der Waals surface area contributed by atoms with Crippen LogP contribution in [-0.2, 0) is 12.8 Å². The molecule has 1 amide bonds. The van der Waals surface area contributed by atoms with E-state index in [2.05, 4.69) is 15.6 Å². The van der Waals surface area contributed by atoms with E-state index in [1.165, 1.54) is 6.07 Å². The van der Waals surface area contributed by atoms with Crippen molar-refractivity contribution in [1.29, 1.82) is 0 Å². The highest BCUT2D eigenvalue weighted by atomic mass is 19.1. The number of pyridine rings is 1. The van der Waals surface area contributed by atoms with Crippen LogP contribution in [0.15, 0.2) is 66.9 Å². The minimum atomic E-state index is -0.276. The summed E-state index contributed by atoms with van der Waals surface area (Å²) in [5, 5.41) is 6.06. The number of anilines is 1. The van der Waals surface area contributed by atoms with Crippen LogP contribution in [0.1, 0.15) is 21.6 Å². The van der Waals surface area contributed by atoms with Gasteiger partial charge in [-0.1, -0.05) is 36.4 Å². The van der Waals surface area contributed by atoms with Gasteiger partial charge in [-0.3, -0.25) is 4.79 Å². The van der Waals surface area contributed by atoms with Gasteiger partial charge in [0.25, 0.3) is 5.91 Å². The fourth-order valence-electron chi connectivity index (χ4n) is 2.99. The number of nitrogens with one attached hydrogen (secondary N) is 2. The summed E-state index contributed by atoms with van der Waals surface area (Å²) in [5.41, 5.74) is 2.87. The molecule has 1 aromatic heterocycles. The lowest BCUT2D eigenvalue weighted by Crippen LogP contribution is -2.26. The number of nitrogens with zero attached hydrogens (tertiary/aromatic N) is 1. The monoisotopic (exact) mass is 393 g/mol. The number of hydrogen-bond acceptors (Lipinski definition) is 4. The number of benzene rings is 2. The second-order valence-electron chi connectivity index (χ2n) is 6.52. The van der Waals surface area contributed by atoms with Gasteiger partial charge in [-0.25, -0.2) is 9.37 Å². The molecule has 6 heteroatoms. The predicted octanol–water partition coefficient (Wildman–Crippen LogP) is 3.86. The molecular formula is C23H24FN3O2. The predicted molar refractivity (Wildman–Crippen MR) is 112 cm³/mol. The summed E-state index contributed by atoms with van der Waals surface area (Å²) >= 11 is 0. The van der Waals surface area contributed by atoms with Gasteiger partial charge in [0.05, 0.1) is 19.0 Å². The summed E-state index contributed by atoms with van der Waals surface area (Å²) in [6, 6.07) is 18.0. The molecule has 0 atom stereocenters. The highest BCUT2D eigenvalue weighted by Crippen LogP contribution is 2.18. The van der Waals surface area contributed by atoms with Crippen LogP contribution in [0.25, 0.3) is 0 Å². The molecule has 2 N–H and O–H groups in total. The molecule has 0 aliphatic rings. The van der Waals surface area contributed by atoms with E-state index in [4.69, 9.17) is 4.74 Å². The molecule has 0 spiro atoms. The van der Waals surface area contributed by atoms with Crippen molar-refractivity contribution in [2.75, 3.05) is 25.5 Å². The van der Waals surface area contributed by atoms with E-state index < -0.39 is 0 Å². The van der Waals surface area contributed by atoms with E-state index in [-0.39, 0.29) is 11.7 Å². The molecule has 1 heterocycles. The van der Waals surface area contributed by atoms with Gasteiger partial charge >= 0.3 is 0 Å². The van der Waals surface area contributed by atoms with Crippen LogP contribution in [-0.4, -0.2) is 31.1 Å². The van der Waals surface area contributed by atoms with E-state index in [0.29, 0.717) is 24.2 Å². The maximum absolute atomic E-state index is 13.6. The average molecular weight is 393 g/mol. The first-order valence-corrected chi connectivity index (χ1v) is 9.51. The second kappa shape index (κ2) is 10.2. The third kappa shape index (κ3) is 5.78. The van der Waals surface area contributed by atoms with Gasteiger partial charge in [0.2, 0.25) is 0 Å². The van der Waals surface area contributed by atoms with Crippen molar-refractivity contribution >= 4 is 11.6 Å². The molecule has 0 radical (unpaired) electrons. The number of para-hydroxylation sites is 1. The van der Waals surface area contributed by atoms with Crippen LogP contribution in [0.2, 0.25) is 0 Å². The molecular weight excluding hydrogens is 369 g/mol. The average Bonchev–Trinajstić information content (AvgIpc) is 2.76. The molecule has 0 bridgehead atoms. The number of rotatable bonds is 9. The molecule has 0 fully saturated rings. The molecule has 0 unspecified atom stereocenters. The number of methoxy groups -OCH3 is 1. The van der Waals surface area contributed by atoms with E-state index in [9.17, 15) is 9.18 Å². The highest BCUT2D eigenvalue weighted by molar-refractivity contribution is 5.92. The molecule has 0 saturated heterocycles. The van der Waals surface area contributed by atoms with Crippen molar-refractivity contribution in [2.24, 2.45) is 0 Å². The summed E-state index contributed by atoms with van der Waals surface area (Å²) in [7, 11) is 1.66. The smallest absolute Gasteiger partial charge is 0.269 e. The van der Waals surface area contributed by atoms with E-state index in [0.717, 1.165) is 30.0 Å². The van der Waals surface area contributed by atoms with Crippen molar-refractivity contribution in [2.45, 2.75) is 12.8 Å². The summed E-state index contributed by atoms with van der Waals surface area (Å²) in [6.45, 7) is 1.07. The van der Waals surface area contributed by atoms with Gasteiger partial charge in [0.15, 0.2) is 0 Å². The minimum Gasteiger partial charge on any atom is -0.496 e. The zero-order valence-electron chi connectivity index (χ0n) is 16.3. The Kier molecular flexibility index (Phi) is 7.16. The minimum absolute atomic E-state index is 0.261. The third-order valence-electron chi connectivity index (χ3n) is 4.55. The number of aromatic nitrogens is 1. The Hall–Kier alpha value is -3.41. The van der Waals surface area contributed by atoms with Crippen LogP contribution < -0.4 is 15.4 Å². The van der Waals surface area contributed by atoms with Gasteiger partial charge < -0.3 is 15.4 Å². The molecule has 0 saturated carbocycles. The highest BCUT2D eigenvalue weighted by Gasteiger charge is 2.08. The van der Waals surface area contributed by atoms with Gasteiger partial charge in [0, 0.05) is 13.1 Å². The second-order valence-corrected chi connectivity index (χ2v) is 6.52. The van der Waals surface area contributed by atoms with Crippen molar-refractivity contribution in [3.05, 3.63) is 89.5 Å². The van der Waals surface area contributed by atoms with Crippen LogP contribution in [0.3, 0.4) is 0 Å². The number of amides is 1. The lowest BCUT2D eigenvalue weighted by Gasteiger charge is -2.10. The Morgan fingerprint density at radius 2 is 1.69 bits per heavy atom.